The van der Waals surface area contributed by atoms with Gasteiger partial charge in [0.2, 0.25) is 5.55 Å². The quantitative estimate of drug-likeness (QED) is 0.655. The molecule has 4 nitrogen and oxygen atoms in total. The van der Waals surface area contributed by atoms with Crippen LogP contribution in [0.1, 0.15) is 10.4 Å². The second kappa shape index (κ2) is 6.35. The third kappa shape index (κ3) is 3.42. The SMILES string of the molecule is NC(=O)c1cc2cc(Br)ccc2oc1=Nc1ccc(Cl)cc1Cl. The summed E-state index contributed by atoms with van der Waals surface area (Å²) in [6, 6.07) is 11.9. The summed E-state index contributed by atoms with van der Waals surface area (Å²) in [7, 11) is 0. The van der Waals surface area contributed by atoms with Crippen LogP contribution in [0, 0.1) is 0 Å². The molecule has 0 radical (unpaired) electrons. The number of fused-ring (bicyclic) bond motifs is 1. The van der Waals surface area contributed by atoms with E-state index < -0.39 is 5.91 Å². The van der Waals surface area contributed by atoms with Crippen LogP contribution in [0.3, 0.4) is 0 Å². The van der Waals surface area contributed by atoms with Gasteiger partial charge in [0.1, 0.15) is 11.1 Å². The summed E-state index contributed by atoms with van der Waals surface area (Å²) >= 11 is 15.3. The van der Waals surface area contributed by atoms with Crippen molar-refractivity contribution in [1.29, 1.82) is 0 Å². The van der Waals surface area contributed by atoms with Gasteiger partial charge in [-0.05, 0) is 42.5 Å². The van der Waals surface area contributed by atoms with E-state index >= 15 is 0 Å². The van der Waals surface area contributed by atoms with E-state index in [1.54, 1.807) is 30.3 Å². The van der Waals surface area contributed by atoms with Gasteiger partial charge < -0.3 is 10.2 Å². The number of nitrogens with two attached hydrogens (primary N) is 1. The monoisotopic (exact) mass is 410 g/mol. The number of carbonyl (C=O) groups excluding carboxylic acids is 1. The molecule has 0 bridgehead atoms. The van der Waals surface area contributed by atoms with Crippen molar-refractivity contribution in [2.75, 3.05) is 0 Å². The Morgan fingerprint density at radius 3 is 2.61 bits per heavy atom. The number of amides is 1. The Bertz CT molecular complexity index is 999. The van der Waals surface area contributed by atoms with Crippen molar-refractivity contribution in [3.05, 3.63) is 68.1 Å². The average molecular weight is 412 g/mol. The van der Waals surface area contributed by atoms with Crippen LogP contribution in [0.15, 0.2) is 56.3 Å². The van der Waals surface area contributed by atoms with Crippen LogP contribution in [-0.2, 0) is 0 Å². The van der Waals surface area contributed by atoms with Gasteiger partial charge in [-0.15, -0.1) is 0 Å². The molecule has 1 aromatic heterocycles. The summed E-state index contributed by atoms with van der Waals surface area (Å²) in [6.45, 7) is 0. The number of hydrogen-bond acceptors (Lipinski definition) is 3. The van der Waals surface area contributed by atoms with E-state index in [0.29, 0.717) is 21.3 Å². The molecule has 0 unspecified atom stereocenters. The van der Waals surface area contributed by atoms with Crippen molar-refractivity contribution in [1.82, 2.24) is 0 Å². The molecule has 3 aromatic rings. The topological polar surface area (TPSA) is 68.6 Å². The summed E-state index contributed by atoms with van der Waals surface area (Å²) in [4.78, 5) is 16.0. The fraction of sp³-hybridized carbons (Fsp3) is 0. The molecular weight excluding hydrogens is 403 g/mol. The van der Waals surface area contributed by atoms with E-state index in [4.69, 9.17) is 33.4 Å². The van der Waals surface area contributed by atoms with Crippen LogP contribution < -0.4 is 11.3 Å². The molecule has 0 aliphatic carbocycles. The second-order valence-corrected chi connectivity index (χ2v) is 6.48. The molecule has 1 amide bonds. The summed E-state index contributed by atoms with van der Waals surface area (Å²) in [6.07, 6.45) is 0. The molecule has 0 atom stereocenters. The largest absolute Gasteiger partial charge is 0.438 e. The number of primary amides is 1. The molecular formula is C16H9BrCl2N2O2. The van der Waals surface area contributed by atoms with Crippen molar-refractivity contribution < 1.29 is 9.21 Å². The van der Waals surface area contributed by atoms with E-state index in [-0.39, 0.29) is 11.1 Å². The van der Waals surface area contributed by atoms with Gasteiger partial charge in [-0.2, -0.15) is 0 Å². The van der Waals surface area contributed by atoms with Gasteiger partial charge in [-0.3, -0.25) is 4.79 Å². The second-order valence-electron chi connectivity index (χ2n) is 4.72. The minimum atomic E-state index is -0.639. The minimum Gasteiger partial charge on any atom is -0.438 e. The van der Waals surface area contributed by atoms with E-state index in [1.165, 1.54) is 0 Å². The van der Waals surface area contributed by atoms with E-state index in [1.807, 2.05) is 12.1 Å². The highest BCUT2D eigenvalue weighted by Crippen LogP contribution is 2.27. The summed E-state index contributed by atoms with van der Waals surface area (Å²) in [5, 5.41) is 1.57. The first kappa shape index (κ1) is 16.1. The van der Waals surface area contributed by atoms with Gasteiger partial charge in [-0.1, -0.05) is 39.1 Å². The van der Waals surface area contributed by atoms with Gasteiger partial charge in [-0.25, -0.2) is 4.99 Å². The first-order valence-electron chi connectivity index (χ1n) is 6.47. The molecule has 0 spiro atoms. The fourth-order valence-corrected chi connectivity index (χ4v) is 2.87. The Kier molecular flexibility index (Phi) is 4.43. The zero-order chi connectivity index (χ0) is 16.6. The molecule has 2 aromatic carbocycles. The van der Waals surface area contributed by atoms with Crippen molar-refractivity contribution in [2.24, 2.45) is 10.7 Å². The average Bonchev–Trinajstić information content (AvgIpc) is 2.49. The molecule has 116 valence electrons. The van der Waals surface area contributed by atoms with Gasteiger partial charge >= 0.3 is 0 Å². The number of carbonyl (C=O) groups is 1. The number of halogens is 3. The summed E-state index contributed by atoms with van der Waals surface area (Å²) < 4.78 is 6.58. The van der Waals surface area contributed by atoms with E-state index in [2.05, 4.69) is 20.9 Å². The molecule has 0 aliphatic rings. The molecule has 23 heavy (non-hydrogen) atoms. The van der Waals surface area contributed by atoms with E-state index in [0.717, 1.165) is 9.86 Å². The van der Waals surface area contributed by atoms with Crippen LogP contribution in [0.25, 0.3) is 11.0 Å². The standard InChI is InChI=1S/C16H9BrCl2N2O2/c17-9-1-4-14-8(5-9)6-11(15(20)22)16(23-14)21-13-3-2-10(18)7-12(13)19/h1-7H,(H2,20,22). The van der Waals surface area contributed by atoms with Crippen LogP contribution in [0.2, 0.25) is 10.0 Å². The molecule has 0 saturated carbocycles. The highest BCUT2D eigenvalue weighted by Gasteiger charge is 2.10. The van der Waals surface area contributed by atoms with Crippen molar-refractivity contribution in [3.8, 4) is 0 Å². The smallest absolute Gasteiger partial charge is 0.254 e. The number of benzene rings is 2. The van der Waals surface area contributed by atoms with Crippen LogP contribution in [-0.4, -0.2) is 5.91 Å². The molecule has 3 rings (SSSR count). The Morgan fingerprint density at radius 2 is 1.91 bits per heavy atom. The first-order valence-corrected chi connectivity index (χ1v) is 8.02. The molecule has 1 heterocycles. The Hall–Kier alpha value is -1.82. The summed E-state index contributed by atoms with van der Waals surface area (Å²) in [5.41, 5.74) is 6.70. The zero-order valence-corrected chi connectivity index (χ0v) is 14.6. The summed E-state index contributed by atoms with van der Waals surface area (Å²) in [5.74, 6) is -0.639. The first-order chi connectivity index (χ1) is 10.9. The molecule has 7 heteroatoms. The van der Waals surface area contributed by atoms with Gasteiger partial charge in [0.25, 0.3) is 5.91 Å². The van der Waals surface area contributed by atoms with Gasteiger partial charge in [0.05, 0.1) is 10.7 Å². The lowest BCUT2D eigenvalue weighted by atomic mass is 10.2. The maximum atomic E-state index is 11.7. The predicted molar refractivity (Wildman–Crippen MR) is 94.1 cm³/mol. The van der Waals surface area contributed by atoms with E-state index in [9.17, 15) is 4.79 Å². The predicted octanol–water partition coefficient (Wildman–Crippen LogP) is 4.83. The lowest BCUT2D eigenvalue weighted by molar-refractivity contribution is 0.0996. The lowest BCUT2D eigenvalue weighted by Crippen LogP contribution is -2.21. The molecule has 0 saturated heterocycles. The highest BCUT2D eigenvalue weighted by atomic mass is 79.9. The number of nitrogens with zero attached hydrogens (tertiary/aromatic N) is 1. The Labute approximate surface area is 149 Å². The van der Waals surface area contributed by atoms with Gasteiger partial charge in [0, 0.05) is 14.9 Å². The van der Waals surface area contributed by atoms with Gasteiger partial charge in [0.15, 0.2) is 0 Å². The molecule has 2 N–H and O–H groups in total. The maximum Gasteiger partial charge on any atom is 0.254 e. The highest BCUT2D eigenvalue weighted by molar-refractivity contribution is 9.10. The lowest BCUT2D eigenvalue weighted by Gasteiger charge is -2.03. The Morgan fingerprint density at radius 1 is 1.13 bits per heavy atom. The van der Waals surface area contributed by atoms with Crippen molar-refractivity contribution in [2.45, 2.75) is 0 Å². The van der Waals surface area contributed by atoms with Crippen LogP contribution >= 0.6 is 39.1 Å². The molecule has 0 fully saturated rings. The normalized spacial score (nSPS) is 11.9. The molecule has 0 aliphatic heterocycles. The minimum absolute atomic E-state index is 0.0940. The maximum absolute atomic E-state index is 11.7. The third-order valence-corrected chi connectivity index (χ3v) is 4.14. The van der Waals surface area contributed by atoms with Crippen molar-refractivity contribution in [3.63, 3.8) is 0 Å². The van der Waals surface area contributed by atoms with Crippen LogP contribution in [0.4, 0.5) is 5.69 Å². The van der Waals surface area contributed by atoms with Crippen molar-refractivity contribution >= 4 is 61.7 Å². The van der Waals surface area contributed by atoms with Crippen LogP contribution in [0.5, 0.6) is 0 Å². The Balaban J connectivity index is 2.30. The number of rotatable bonds is 2. The fourth-order valence-electron chi connectivity index (χ4n) is 2.04. The third-order valence-electron chi connectivity index (χ3n) is 3.11. The number of hydrogen-bond donors (Lipinski definition) is 1. The zero-order valence-electron chi connectivity index (χ0n) is 11.5.